The number of rotatable bonds is 4. The summed E-state index contributed by atoms with van der Waals surface area (Å²) in [5.41, 5.74) is 2.10. The van der Waals surface area contributed by atoms with E-state index in [2.05, 4.69) is 37.3 Å². The van der Waals surface area contributed by atoms with Crippen molar-refractivity contribution in [1.29, 1.82) is 0 Å². The molecule has 19 heavy (non-hydrogen) atoms. The van der Waals surface area contributed by atoms with Crippen LogP contribution in [0.15, 0.2) is 27.1 Å². The zero-order valence-corrected chi connectivity index (χ0v) is 13.2. The van der Waals surface area contributed by atoms with Crippen molar-refractivity contribution in [2.75, 3.05) is 6.61 Å². The Hall–Kier alpha value is -0.630. The predicted octanol–water partition coefficient (Wildman–Crippen LogP) is 2.13. The number of nitrogens with two attached hydrogens (primary N) is 1. The number of halogens is 2. The average molecular weight is 394 g/mol. The first-order valence-corrected chi connectivity index (χ1v) is 7.43. The Kier molecular flexibility index (Phi) is 5.20. The highest BCUT2D eigenvalue weighted by Crippen LogP contribution is 2.33. The first-order valence-electron chi connectivity index (χ1n) is 5.84. The van der Waals surface area contributed by atoms with Gasteiger partial charge in [0.1, 0.15) is 18.5 Å². The Labute approximate surface area is 128 Å². The van der Waals surface area contributed by atoms with E-state index in [0.717, 1.165) is 21.1 Å². The molecule has 7 heteroatoms. The summed E-state index contributed by atoms with van der Waals surface area (Å²) < 4.78 is 13.0. The van der Waals surface area contributed by atoms with Crippen molar-refractivity contribution >= 4 is 37.8 Å². The van der Waals surface area contributed by atoms with E-state index in [1.165, 1.54) is 0 Å². The highest BCUT2D eigenvalue weighted by atomic mass is 79.9. The maximum Gasteiger partial charge on any atom is 0.263 e. The van der Waals surface area contributed by atoms with Crippen LogP contribution in [0.2, 0.25) is 0 Å². The molecule has 1 fully saturated rings. The van der Waals surface area contributed by atoms with Crippen LogP contribution >= 0.6 is 31.9 Å². The SMILES string of the molecule is NNC(=O)C1CCC(COc2c(Br)cccc2Br)O1. The number of para-hydroxylation sites is 1. The van der Waals surface area contributed by atoms with Crippen LogP contribution in [0.3, 0.4) is 0 Å². The molecule has 3 N–H and O–H groups in total. The van der Waals surface area contributed by atoms with Gasteiger partial charge < -0.3 is 9.47 Å². The maximum atomic E-state index is 11.3. The normalized spacial score (nSPS) is 22.3. The molecule has 1 amide bonds. The monoisotopic (exact) mass is 392 g/mol. The second-order valence-corrected chi connectivity index (χ2v) is 5.90. The molecule has 1 saturated heterocycles. The van der Waals surface area contributed by atoms with Gasteiger partial charge in [0, 0.05) is 0 Å². The number of amides is 1. The minimum atomic E-state index is -0.471. The van der Waals surface area contributed by atoms with E-state index < -0.39 is 6.10 Å². The van der Waals surface area contributed by atoms with Crippen LogP contribution in [0.1, 0.15) is 12.8 Å². The number of hydrogen-bond acceptors (Lipinski definition) is 4. The van der Waals surface area contributed by atoms with E-state index in [-0.39, 0.29) is 12.0 Å². The summed E-state index contributed by atoms with van der Waals surface area (Å²) in [6.45, 7) is 0.398. The molecule has 1 aromatic carbocycles. The van der Waals surface area contributed by atoms with Gasteiger partial charge in [-0.2, -0.15) is 0 Å². The molecule has 1 aliphatic rings. The molecule has 0 spiro atoms. The Balaban J connectivity index is 1.89. The number of hydrazine groups is 1. The van der Waals surface area contributed by atoms with Crippen LogP contribution in [0.25, 0.3) is 0 Å². The van der Waals surface area contributed by atoms with E-state index in [4.69, 9.17) is 15.3 Å². The van der Waals surface area contributed by atoms with E-state index in [1.54, 1.807) is 0 Å². The Morgan fingerprint density at radius 1 is 1.42 bits per heavy atom. The van der Waals surface area contributed by atoms with Crippen LogP contribution in [-0.4, -0.2) is 24.7 Å². The number of hydrogen-bond donors (Lipinski definition) is 2. The molecular formula is C12H14Br2N2O3. The maximum absolute atomic E-state index is 11.3. The van der Waals surface area contributed by atoms with Gasteiger partial charge in [0.05, 0.1) is 15.0 Å². The number of carbonyl (C=O) groups excluding carboxylic acids is 1. The molecule has 2 rings (SSSR count). The summed E-state index contributed by atoms with van der Waals surface area (Å²) in [7, 11) is 0. The molecular weight excluding hydrogens is 380 g/mol. The number of carbonyl (C=O) groups is 1. The van der Waals surface area contributed by atoms with Gasteiger partial charge in [-0.25, -0.2) is 5.84 Å². The molecule has 1 aromatic rings. The first kappa shape index (κ1) is 14.8. The minimum absolute atomic E-state index is 0.0960. The lowest BCUT2D eigenvalue weighted by molar-refractivity contribution is -0.132. The van der Waals surface area contributed by atoms with Crippen LogP contribution < -0.4 is 16.0 Å². The fourth-order valence-corrected chi connectivity index (χ4v) is 3.14. The van der Waals surface area contributed by atoms with Crippen LogP contribution in [0, 0.1) is 0 Å². The highest BCUT2D eigenvalue weighted by molar-refractivity contribution is 9.11. The lowest BCUT2D eigenvalue weighted by Crippen LogP contribution is -2.39. The lowest BCUT2D eigenvalue weighted by Gasteiger charge is -2.15. The van der Waals surface area contributed by atoms with Crippen LogP contribution in [-0.2, 0) is 9.53 Å². The van der Waals surface area contributed by atoms with Crippen molar-refractivity contribution in [3.05, 3.63) is 27.1 Å². The standard InChI is InChI=1S/C12H14Br2N2O3/c13-8-2-1-3-9(14)11(8)18-6-7-4-5-10(19-7)12(17)16-15/h1-3,7,10H,4-6,15H2,(H,16,17). The average Bonchev–Trinajstić information content (AvgIpc) is 2.86. The van der Waals surface area contributed by atoms with Gasteiger partial charge in [0.2, 0.25) is 0 Å². The predicted molar refractivity (Wildman–Crippen MR) is 77.6 cm³/mol. The lowest BCUT2D eigenvalue weighted by atomic mass is 10.2. The Morgan fingerprint density at radius 2 is 2.11 bits per heavy atom. The van der Waals surface area contributed by atoms with Gasteiger partial charge in [0.25, 0.3) is 5.91 Å². The molecule has 5 nitrogen and oxygen atoms in total. The van der Waals surface area contributed by atoms with Crippen LogP contribution in [0.5, 0.6) is 5.75 Å². The van der Waals surface area contributed by atoms with Crippen molar-refractivity contribution in [3.8, 4) is 5.75 Å². The largest absolute Gasteiger partial charge is 0.489 e. The van der Waals surface area contributed by atoms with Crippen molar-refractivity contribution in [2.45, 2.75) is 25.0 Å². The third-order valence-electron chi connectivity index (χ3n) is 2.87. The van der Waals surface area contributed by atoms with E-state index in [9.17, 15) is 4.79 Å². The molecule has 0 aliphatic carbocycles. The highest BCUT2D eigenvalue weighted by Gasteiger charge is 2.30. The molecule has 0 radical (unpaired) electrons. The van der Waals surface area contributed by atoms with Gasteiger partial charge in [-0.15, -0.1) is 0 Å². The van der Waals surface area contributed by atoms with Crippen molar-refractivity contribution in [1.82, 2.24) is 5.43 Å². The smallest absolute Gasteiger partial charge is 0.263 e. The van der Waals surface area contributed by atoms with Gasteiger partial charge in [0.15, 0.2) is 0 Å². The number of ether oxygens (including phenoxy) is 2. The zero-order chi connectivity index (χ0) is 13.8. The third kappa shape index (κ3) is 3.68. The molecule has 0 aromatic heterocycles. The second-order valence-electron chi connectivity index (χ2n) is 4.19. The minimum Gasteiger partial charge on any atom is -0.489 e. The van der Waals surface area contributed by atoms with Gasteiger partial charge in [-0.3, -0.25) is 10.2 Å². The van der Waals surface area contributed by atoms with Crippen molar-refractivity contribution in [3.63, 3.8) is 0 Å². The van der Waals surface area contributed by atoms with Crippen LogP contribution in [0.4, 0.5) is 0 Å². The Bertz CT molecular complexity index is 450. The first-order chi connectivity index (χ1) is 9.11. The summed E-state index contributed by atoms with van der Waals surface area (Å²) in [5.74, 6) is 5.53. The molecule has 1 aliphatic heterocycles. The molecule has 1 heterocycles. The van der Waals surface area contributed by atoms with Crippen molar-refractivity contribution in [2.24, 2.45) is 5.84 Å². The molecule has 104 valence electrons. The molecule has 0 bridgehead atoms. The summed E-state index contributed by atoms with van der Waals surface area (Å²) in [5, 5.41) is 0. The van der Waals surface area contributed by atoms with Gasteiger partial charge >= 0.3 is 0 Å². The van der Waals surface area contributed by atoms with Crippen molar-refractivity contribution < 1.29 is 14.3 Å². The summed E-state index contributed by atoms with van der Waals surface area (Å²) in [6, 6.07) is 5.72. The second kappa shape index (κ2) is 6.69. The molecule has 2 atom stereocenters. The molecule has 2 unspecified atom stereocenters. The topological polar surface area (TPSA) is 73.6 Å². The zero-order valence-electron chi connectivity index (χ0n) is 10.1. The van der Waals surface area contributed by atoms with Gasteiger partial charge in [-0.05, 0) is 56.8 Å². The quantitative estimate of drug-likeness (QED) is 0.467. The fourth-order valence-electron chi connectivity index (χ4n) is 1.91. The summed E-state index contributed by atoms with van der Waals surface area (Å²) in [6.07, 6.45) is 0.872. The molecule has 0 saturated carbocycles. The number of benzene rings is 1. The van der Waals surface area contributed by atoms with E-state index >= 15 is 0 Å². The van der Waals surface area contributed by atoms with Gasteiger partial charge in [-0.1, -0.05) is 6.07 Å². The number of nitrogens with one attached hydrogen (secondary N) is 1. The fraction of sp³-hybridized carbons (Fsp3) is 0.417. The van der Waals surface area contributed by atoms with E-state index in [1.807, 2.05) is 18.2 Å². The Morgan fingerprint density at radius 3 is 2.74 bits per heavy atom. The van der Waals surface area contributed by atoms with E-state index in [0.29, 0.717) is 13.0 Å². The summed E-state index contributed by atoms with van der Waals surface area (Å²) in [4.78, 5) is 11.3. The summed E-state index contributed by atoms with van der Waals surface area (Å²) >= 11 is 6.85. The third-order valence-corrected chi connectivity index (χ3v) is 4.12.